The molecule has 0 saturated carbocycles. The number of ether oxygens (including phenoxy) is 1. The van der Waals surface area contributed by atoms with E-state index in [1.165, 1.54) is 30.3 Å². The Hall–Kier alpha value is -2.24. The number of Topliss-reactive ketones (excluding diaryl/α,β-unsaturated/α-hetero) is 1. The Morgan fingerprint density at radius 2 is 2.18 bits per heavy atom. The first-order valence-corrected chi connectivity index (χ1v) is 4.98. The second-order valence-corrected chi connectivity index (χ2v) is 3.59. The molecule has 17 heavy (non-hydrogen) atoms. The van der Waals surface area contributed by atoms with Crippen LogP contribution in [-0.2, 0) is 14.3 Å². The highest BCUT2D eigenvalue weighted by Crippen LogP contribution is 2.17. The fourth-order valence-electron chi connectivity index (χ4n) is 1.58. The van der Waals surface area contributed by atoms with Crippen molar-refractivity contribution >= 4 is 23.5 Å². The normalized spacial score (nSPS) is 15.2. The second kappa shape index (κ2) is 4.32. The molecule has 0 radical (unpaired) electrons. The molecule has 0 N–H and O–H groups in total. The highest BCUT2D eigenvalue weighted by Gasteiger charge is 2.29. The Balaban J connectivity index is 2.21. The fraction of sp³-hybridized carbons (Fsp3) is 0.273. The number of ketones is 1. The number of methoxy groups -OCH3 is 1. The van der Waals surface area contributed by atoms with Crippen LogP contribution in [0.15, 0.2) is 18.3 Å². The van der Waals surface area contributed by atoms with Crippen LogP contribution in [0.25, 0.3) is 0 Å². The zero-order chi connectivity index (χ0) is 12.4. The van der Waals surface area contributed by atoms with E-state index in [1.807, 2.05) is 0 Å². The molecule has 1 aromatic heterocycles. The molecule has 0 spiro atoms. The predicted octanol–water partition coefficient (Wildman–Crippen LogP) is 0.174. The quantitative estimate of drug-likeness (QED) is 0.538. The van der Waals surface area contributed by atoms with Gasteiger partial charge in [-0.1, -0.05) is 0 Å². The minimum Gasteiger partial charge on any atom is -0.465 e. The van der Waals surface area contributed by atoms with E-state index >= 15 is 0 Å². The number of anilines is 1. The third kappa shape index (κ3) is 2.15. The lowest BCUT2D eigenvalue weighted by atomic mass is 10.3. The highest BCUT2D eigenvalue weighted by atomic mass is 16.5. The summed E-state index contributed by atoms with van der Waals surface area (Å²) in [6, 6.07) is 3.02. The van der Waals surface area contributed by atoms with Gasteiger partial charge in [-0.2, -0.15) is 0 Å². The monoisotopic (exact) mass is 234 g/mol. The van der Waals surface area contributed by atoms with Crippen molar-refractivity contribution in [1.82, 2.24) is 4.98 Å². The van der Waals surface area contributed by atoms with Gasteiger partial charge in [-0.05, 0) is 12.1 Å². The van der Waals surface area contributed by atoms with Crippen molar-refractivity contribution in [3.63, 3.8) is 0 Å². The molecule has 0 aromatic carbocycles. The molecule has 1 fully saturated rings. The summed E-state index contributed by atoms with van der Waals surface area (Å²) in [5.74, 6) is -0.524. The molecule has 1 aromatic rings. The number of carbonyl (C=O) groups excluding carboxylic acids is 3. The van der Waals surface area contributed by atoms with E-state index in [0.29, 0.717) is 11.4 Å². The Kier molecular flexibility index (Phi) is 2.86. The summed E-state index contributed by atoms with van der Waals surface area (Å²) in [6.07, 6.45) is 1.23. The van der Waals surface area contributed by atoms with Crippen LogP contribution in [0.5, 0.6) is 0 Å². The molecule has 0 aliphatic carbocycles. The maximum Gasteiger partial charge on any atom is 0.339 e. The summed E-state index contributed by atoms with van der Waals surface area (Å²) in [4.78, 5) is 39.0. The summed E-state index contributed by atoms with van der Waals surface area (Å²) in [7, 11) is 1.28. The van der Waals surface area contributed by atoms with Gasteiger partial charge in [0.25, 0.3) is 0 Å². The van der Waals surface area contributed by atoms with Gasteiger partial charge >= 0.3 is 5.97 Å². The van der Waals surface area contributed by atoms with E-state index in [-0.39, 0.29) is 24.7 Å². The average Bonchev–Trinajstić information content (AvgIpc) is 2.68. The summed E-state index contributed by atoms with van der Waals surface area (Å²) in [5.41, 5.74) is 0.300. The fourth-order valence-corrected chi connectivity index (χ4v) is 1.58. The van der Waals surface area contributed by atoms with Gasteiger partial charge in [-0.3, -0.25) is 14.5 Å². The summed E-state index contributed by atoms with van der Waals surface area (Å²) in [5, 5.41) is 0. The van der Waals surface area contributed by atoms with Crippen molar-refractivity contribution < 1.29 is 19.1 Å². The molecule has 0 bridgehead atoms. The minimum absolute atomic E-state index is 0.0450. The maximum atomic E-state index is 11.4. The third-order valence-electron chi connectivity index (χ3n) is 2.43. The number of amides is 1. The van der Waals surface area contributed by atoms with Gasteiger partial charge in [-0.15, -0.1) is 0 Å². The van der Waals surface area contributed by atoms with E-state index in [4.69, 9.17) is 0 Å². The molecule has 6 heteroatoms. The lowest BCUT2D eigenvalue weighted by Crippen LogP contribution is -2.25. The van der Waals surface area contributed by atoms with Crippen LogP contribution in [0.1, 0.15) is 16.8 Å². The molecule has 2 rings (SSSR count). The molecule has 88 valence electrons. The summed E-state index contributed by atoms with van der Waals surface area (Å²) in [6.45, 7) is 0.0450. The number of pyridine rings is 1. The first-order chi connectivity index (χ1) is 8.11. The third-order valence-corrected chi connectivity index (χ3v) is 2.43. The topological polar surface area (TPSA) is 76.6 Å². The molecule has 1 aliphatic rings. The first kappa shape index (κ1) is 11.3. The Morgan fingerprint density at radius 3 is 2.65 bits per heavy atom. The number of nitrogens with zero attached hydrogens (tertiary/aromatic N) is 2. The van der Waals surface area contributed by atoms with Gasteiger partial charge in [0.05, 0.1) is 25.6 Å². The van der Waals surface area contributed by atoms with Crippen LogP contribution in [0.2, 0.25) is 0 Å². The van der Waals surface area contributed by atoms with Gasteiger partial charge in [-0.25, -0.2) is 9.78 Å². The van der Waals surface area contributed by atoms with Crippen molar-refractivity contribution in [2.24, 2.45) is 0 Å². The molecule has 0 unspecified atom stereocenters. The summed E-state index contributed by atoms with van der Waals surface area (Å²) >= 11 is 0. The van der Waals surface area contributed by atoms with Gasteiger partial charge in [0.1, 0.15) is 5.82 Å². The first-order valence-electron chi connectivity index (χ1n) is 4.98. The van der Waals surface area contributed by atoms with Gasteiger partial charge < -0.3 is 4.74 Å². The average molecular weight is 234 g/mol. The van der Waals surface area contributed by atoms with Crippen molar-refractivity contribution in [3.8, 4) is 0 Å². The van der Waals surface area contributed by atoms with E-state index in [2.05, 4.69) is 9.72 Å². The van der Waals surface area contributed by atoms with Gasteiger partial charge in [0.2, 0.25) is 5.91 Å². The molecule has 6 nitrogen and oxygen atoms in total. The van der Waals surface area contributed by atoms with Crippen LogP contribution in [0, 0.1) is 0 Å². The van der Waals surface area contributed by atoms with Crippen molar-refractivity contribution in [3.05, 3.63) is 23.9 Å². The number of carbonyl (C=O) groups is 3. The zero-order valence-corrected chi connectivity index (χ0v) is 9.17. The lowest BCUT2D eigenvalue weighted by Gasteiger charge is -2.13. The standard InChI is InChI=1S/C11H10N2O4/c1-17-11(16)7-2-3-9(12-5-7)13-6-8(14)4-10(13)15/h2-3,5H,4,6H2,1H3. The molecular weight excluding hydrogens is 224 g/mol. The Morgan fingerprint density at radius 1 is 1.41 bits per heavy atom. The minimum atomic E-state index is -0.493. The smallest absolute Gasteiger partial charge is 0.339 e. The van der Waals surface area contributed by atoms with E-state index in [1.54, 1.807) is 0 Å². The molecule has 1 saturated heterocycles. The largest absolute Gasteiger partial charge is 0.465 e. The van der Waals surface area contributed by atoms with Gasteiger partial charge in [0.15, 0.2) is 5.78 Å². The summed E-state index contributed by atoms with van der Waals surface area (Å²) < 4.78 is 4.53. The van der Waals surface area contributed by atoms with Crippen LogP contribution in [0.3, 0.4) is 0 Å². The number of rotatable bonds is 2. The van der Waals surface area contributed by atoms with Crippen LogP contribution in [0.4, 0.5) is 5.82 Å². The van der Waals surface area contributed by atoms with E-state index in [0.717, 1.165) is 0 Å². The van der Waals surface area contributed by atoms with Crippen LogP contribution < -0.4 is 4.90 Å². The maximum absolute atomic E-state index is 11.4. The van der Waals surface area contributed by atoms with Gasteiger partial charge in [0, 0.05) is 6.20 Å². The number of esters is 1. The van der Waals surface area contributed by atoms with Crippen molar-refractivity contribution in [2.75, 3.05) is 18.6 Å². The zero-order valence-electron chi connectivity index (χ0n) is 9.17. The van der Waals surface area contributed by atoms with E-state index in [9.17, 15) is 14.4 Å². The lowest BCUT2D eigenvalue weighted by molar-refractivity contribution is -0.121. The van der Waals surface area contributed by atoms with Crippen molar-refractivity contribution in [1.29, 1.82) is 0 Å². The highest BCUT2D eigenvalue weighted by molar-refractivity contribution is 6.14. The Labute approximate surface area is 97.2 Å². The SMILES string of the molecule is COC(=O)c1ccc(N2CC(=O)CC2=O)nc1. The molecular formula is C11H10N2O4. The predicted molar refractivity (Wildman–Crippen MR) is 57.6 cm³/mol. The molecule has 1 aliphatic heterocycles. The molecule has 1 amide bonds. The van der Waals surface area contributed by atoms with Crippen LogP contribution >= 0.6 is 0 Å². The van der Waals surface area contributed by atoms with Crippen molar-refractivity contribution in [2.45, 2.75) is 6.42 Å². The van der Waals surface area contributed by atoms with E-state index < -0.39 is 5.97 Å². The number of hydrogen-bond acceptors (Lipinski definition) is 5. The van der Waals surface area contributed by atoms with Crippen LogP contribution in [-0.4, -0.2) is 36.3 Å². The second-order valence-electron chi connectivity index (χ2n) is 3.59. The molecule has 2 heterocycles. The number of aromatic nitrogens is 1. The Bertz CT molecular complexity index is 481. The number of hydrogen-bond donors (Lipinski definition) is 0. The molecule has 0 atom stereocenters.